The number of hydrogen-bond donors (Lipinski definition) is 2. The standard InChI is InChI=1S/C12H11N3O3.ClH/c13-14-11-7-6-10(8-12(11)15(16)17)18-9-4-2-1-3-5-9;/h1-8,14H,13H2;1H. The molecule has 0 aliphatic heterocycles. The minimum atomic E-state index is -0.521. The zero-order valence-electron chi connectivity index (χ0n) is 9.78. The van der Waals surface area contributed by atoms with Gasteiger partial charge < -0.3 is 10.2 Å². The molecule has 19 heavy (non-hydrogen) atoms. The van der Waals surface area contributed by atoms with Crippen LogP contribution in [-0.2, 0) is 0 Å². The van der Waals surface area contributed by atoms with Crippen LogP contribution in [0.25, 0.3) is 0 Å². The van der Waals surface area contributed by atoms with Crippen molar-refractivity contribution in [1.29, 1.82) is 0 Å². The summed E-state index contributed by atoms with van der Waals surface area (Å²) in [4.78, 5) is 10.3. The van der Waals surface area contributed by atoms with Crippen molar-refractivity contribution < 1.29 is 9.66 Å². The Morgan fingerprint density at radius 1 is 1.11 bits per heavy atom. The molecule has 2 aromatic rings. The average Bonchev–Trinajstić information content (AvgIpc) is 2.40. The van der Waals surface area contributed by atoms with E-state index in [2.05, 4.69) is 5.43 Å². The van der Waals surface area contributed by atoms with Crippen LogP contribution >= 0.6 is 12.4 Å². The summed E-state index contributed by atoms with van der Waals surface area (Å²) in [6.07, 6.45) is 0. The number of benzene rings is 2. The summed E-state index contributed by atoms with van der Waals surface area (Å²) in [5.74, 6) is 6.19. The van der Waals surface area contributed by atoms with Gasteiger partial charge >= 0.3 is 0 Å². The van der Waals surface area contributed by atoms with E-state index in [1.165, 1.54) is 12.1 Å². The molecule has 0 aliphatic carbocycles. The van der Waals surface area contributed by atoms with Crippen molar-refractivity contribution in [2.45, 2.75) is 0 Å². The van der Waals surface area contributed by atoms with Crippen LogP contribution in [0.3, 0.4) is 0 Å². The van der Waals surface area contributed by atoms with E-state index in [0.717, 1.165) is 0 Å². The molecule has 0 amide bonds. The van der Waals surface area contributed by atoms with Crippen LogP contribution in [0, 0.1) is 10.1 Å². The number of nitrogens with two attached hydrogens (primary N) is 1. The number of nitrogen functional groups attached to an aromatic ring is 1. The number of rotatable bonds is 4. The van der Waals surface area contributed by atoms with Crippen molar-refractivity contribution in [2.24, 2.45) is 5.84 Å². The zero-order valence-corrected chi connectivity index (χ0v) is 10.6. The van der Waals surface area contributed by atoms with Crippen molar-refractivity contribution in [3.63, 3.8) is 0 Å². The molecular formula is C12H12ClN3O3. The van der Waals surface area contributed by atoms with Gasteiger partial charge in [0.2, 0.25) is 0 Å². The number of nitro groups is 1. The lowest BCUT2D eigenvalue weighted by Crippen LogP contribution is -2.08. The number of halogens is 1. The van der Waals surface area contributed by atoms with Crippen molar-refractivity contribution in [1.82, 2.24) is 0 Å². The molecule has 2 rings (SSSR count). The predicted molar refractivity (Wildman–Crippen MR) is 74.7 cm³/mol. The highest BCUT2D eigenvalue weighted by molar-refractivity contribution is 5.85. The molecule has 0 saturated heterocycles. The summed E-state index contributed by atoms with van der Waals surface area (Å²) in [6.45, 7) is 0. The Morgan fingerprint density at radius 2 is 1.79 bits per heavy atom. The number of anilines is 1. The fourth-order valence-corrected chi connectivity index (χ4v) is 1.47. The molecule has 0 spiro atoms. The van der Waals surface area contributed by atoms with Crippen molar-refractivity contribution >= 4 is 23.8 Å². The fraction of sp³-hybridized carbons (Fsp3) is 0. The molecule has 0 unspecified atom stereocenters. The van der Waals surface area contributed by atoms with Gasteiger partial charge in [-0.2, -0.15) is 0 Å². The van der Waals surface area contributed by atoms with Crippen LogP contribution in [-0.4, -0.2) is 4.92 Å². The first-order chi connectivity index (χ1) is 8.70. The van der Waals surface area contributed by atoms with Crippen LogP contribution in [0.4, 0.5) is 11.4 Å². The predicted octanol–water partition coefficient (Wildman–Crippen LogP) is 3.09. The lowest BCUT2D eigenvalue weighted by Gasteiger charge is -2.07. The number of hydrogen-bond acceptors (Lipinski definition) is 5. The number of nitrogens with one attached hydrogen (secondary N) is 1. The fourth-order valence-electron chi connectivity index (χ4n) is 1.47. The van der Waals surface area contributed by atoms with Crippen molar-refractivity contribution in [3.05, 3.63) is 58.6 Å². The van der Waals surface area contributed by atoms with Gasteiger partial charge in [0.1, 0.15) is 17.2 Å². The van der Waals surface area contributed by atoms with E-state index in [-0.39, 0.29) is 23.8 Å². The van der Waals surface area contributed by atoms with Crippen LogP contribution in [0.1, 0.15) is 0 Å². The van der Waals surface area contributed by atoms with E-state index in [0.29, 0.717) is 11.5 Å². The number of nitro benzene ring substituents is 1. The first-order valence-electron chi connectivity index (χ1n) is 5.18. The third-order valence-electron chi connectivity index (χ3n) is 2.30. The SMILES string of the molecule is Cl.NNc1ccc(Oc2ccccc2)cc1[N+](=O)[O-]. The zero-order chi connectivity index (χ0) is 13.0. The van der Waals surface area contributed by atoms with E-state index in [1.54, 1.807) is 18.2 Å². The monoisotopic (exact) mass is 281 g/mol. The second kappa shape index (κ2) is 6.58. The highest BCUT2D eigenvalue weighted by atomic mass is 35.5. The van der Waals surface area contributed by atoms with Gasteiger partial charge in [-0.15, -0.1) is 12.4 Å². The molecule has 0 radical (unpaired) electrons. The maximum Gasteiger partial charge on any atom is 0.297 e. The first-order valence-corrected chi connectivity index (χ1v) is 5.18. The van der Waals surface area contributed by atoms with Gasteiger partial charge in [0.25, 0.3) is 5.69 Å². The Kier molecular flexibility index (Phi) is 5.11. The van der Waals surface area contributed by atoms with Gasteiger partial charge in [-0.05, 0) is 24.3 Å². The Hall–Kier alpha value is -2.31. The van der Waals surface area contributed by atoms with Gasteiger partial charge in [-0.3, -0.25) is 16.0 Å². The van der Waals surface area contributed by atoms with E-state index >= 15 is 0 Å². The lowest BCUT2D eigenvalue weighted by atomic mass is 10.2. The van der Waals surface area contributed by atoms with Crippen LogP contribution in [0.15, 0.2) is 48.5 Å². The molecule has 0 aromatic heterocycles. The van der Waals surface area contributed by atoms with Gasteiger partial charge in [0.15, 0.2) is 0 Å². The van der Waals surface area contributed by atoms with E-state index in [9.17, 15) is 10.1 Å². The highest BCUT2D eigenvalue weighted by Gasteiger charge is 2.14. The summed E-state index contributed by atoms with van der Waals surface area (Å²) >= 11 is 0. The maximum atomic E-state index is 10.8. The third kappa shape index (κ3) is 3.57. The molecule has 0 heterocycles. The van der Waals surface area contributed by atoms with Gasteiger partial charge in [0, 0.05) is 0 Å². The Labute approximate surface area is 115 Å². The molecule has 100 valence electrons. The van der Waals surface area contributed by atoms with Crippen molar-refractivity contribution in [3.8, 4) is 11.5 Å². The molecule has 7 heteroatoms. The summed E-state index contributed by atoms with van der Waals surface area (Å²) in [5.41, 5.74) is 2.37. The average molecular weight is 282 g/mol. The third-order valence-corrected chi connectivity index (χ3v) is 2.30. The first kappa shape index (κ1) is 14.7. The van der Waals surface area contributed by atoms with E-state index < -0.39 is 4.92 Å². The summed E-state index contributed by atoms with van der Waals surface area (Å²) in [5, 5.41) is 10.8. The quantitative estimate of drug-likeness (QED) is 0.510. The second-order valence-electron chi connectivity index (χ2n) is 3.50. The van der Waals surface area contributed by atoms with Gasteiger partial charge in [0.05, 0.1) is 11.0 Å². The smallest absolute Gasteiger partial charge is 0.297 e. The lowest BCUT2D eigenvalue weighted by molar-refractivity contribution is -0.384. The Bertz CT molecular complexity index is 563. The molecule has 6 nitrogen and oxygen atoms in total. The number of hydrazine groups is 1. The molecule has 3 N–H and O–H groups in total. The van der Waals surface area contributed by atoms with Crippen LogP contribution in [0.5, 0.6) is 11.5 Å². The molecular weight excluding hydrogens is 270 g/mol. The molecule has 0 saturated carbocycles. The van der Waals surface area contributed by atoms with E-state index in [4.69, 9.17) is 10.6 Å². The van der Waals surface area contributed by atoms with Crippen LogP contribution in [0.2, 0.25) is 0 Å². The number of nitrogens with zero attached hydrogens (tertiary/aromatic N) is 1. The molecule has 0 bridgehead atoms. The number of para-hydroxylation sites is 1. The highest BCUT2D eigenvalue weighted by Crippen LogP contribution is 2.30. The summed E-state index contributed by atoms with van der Waals surface area (Å²) < 4.78 is 5.50. The number of ether oxygens (including phenoxy) is 1. The van der Waals surface area contributed by atoms with Crippen molar-refractivity contribution in [2.75, 3.05) is 5.43 Å². The van der Waals surface area contributed by atoms with E-state index in [1.807, 2.05) is 18.2 Å². The molecule has 0 atom stereocenters. The summed E-state index contributed by atoms with van der Waals surface area (Å²) in [7, 11) is 0. The van der Waals surface area contributed by atoms with Gasteiger partial charge in [-0.25, -0.2) is 0 Å². The topological polar surface area (TPSA) is 90.4 Å². The normalized spacial score (nSPS) is 9.32. The minimum Gasteiger partial charge on any atom is -0.457 e. The second-order valence-corrected chi connectivity index (χ2v) is 3.50. The molecule has 2 aromatic carbocycles. The minimum absolute atomic E-state index is 0. The summed E-state index contributed by atoms with van der Waals surface area (Å²) in [6, 6.07) is 13.4. The molecule has 0 fully saturated rings. The molecule has 0 aliphatic rings. The Balaban J connectivity index is 0.00000180. The Morgan fingerprint density at radius 3 is 2.37 bits per heavy atom. The van der Waals surface area contributed by atoms with Crippen LogP contribution < -0.4 is 16.0 Å². The largest absolute Gasteiger partial charge is 0.457 e. The maximum absolute atomic E-state index is 10.8. The van der Waals surface area contributed by atoms with Gasteiger partial charge in [-0.1, -0.05) is 18.2 Å².